The zero-order valence-electron chi connectivity index (χ0n) is 10.9. The van der Waals surface area contributed by atoms with Crippen LogP contribution in [0.4, 0.5) is 11.6 Å². The molecular weight excluding hydrogens is 226 g/mol. The fraction of sp³-hybridized carbons (Fsp3) is 0.538. The minimum Gasteiger partial charge on any atom is -0.367 e. The van der Waals surface area contributed by atoms with Crippen molar-refractivity contribution in [2.75, 3.05) is 30.3 Å². The molecule has 1 aromatic rings. The molecule has 18 heavy (non-hydrogen) atoms. The van der Waals surface area contributed by atoms with Gasteiger partial charge in [0.1, 0.15) is 17.5 Å². The fourth-order valence-corrected chi connectivity index (χ4v) is 2.08. The molecule has 2 heterocycles. The van der Waals surface area contributed by atoms with Crippen LogP contribution in [-0.2, 0) is 0 Å². The molecule has 5 nitrogen and oxygen atoms in total. The van der Waals surface area contributed by atoms with Crippen molar-refractivity contribution in [1.29, 1.82) is 0 Å². The fourth-order valence-electron chi connectivity index (χ4n) is 2.08. The van der Waals surface area contributed by atoms with Crippen LogP contribution < -0.4 is 16.0 Å². The zero-order chi connectivity index (χ0) is 12.8. The van der Waals surface area contributed by atoms with Crippen molar-refractivity contribution in [2.45, 2.75) is 25.8 Å². The third-order valence-corrected chi connectivity index (χ3v) is 2.96. The summed E-state index contributed by atoms with van der Waals surface area (Å²) in [6.45, 7) is 8.45. The van der Waals surface area contributed by atoms with E-state index >= 15 is 0 Å². The van der Waals surface area contributed by atoms with Crippen molar-refractivity contribution in [3.63, 3.8) is 0 Å². The molecule has 0 aromatic carbocycles. The SMILES string of the molecule is C=CCNc1cc(NC2CCNCC2)nc(C)n1. The topological polar surface area (TPSA) is 61.9 Å². The molecule has 0 spiro atoms. The van der Waals surface area contributed by atoms with E-state index in [9.17, 15) is 0 Å². The van der Waals surface area contributed by atoms with Gasteiger partial charge in [0.05, 0.1) is 0 Å². The maximum atomic E-state index is 4.43. The van der Waals surface area contributed by atoms with Crippen molar-refractivity contribution < 1.29 is 0 Å². The number of piperidine rings is 1. The summed E-state index contributed by atoms with van der Waals surface area (Å²) in [5, 5.41) is 10.0. The van der Waals surface area contributed by atoms with Crippen LogP contribution in [0, 0.1) is 6.92 Å². The van der Waals surface area contributed by atoms with Crippen LogP contribution in [0.3, 0.4) is 0 Å². The second kappa shape index (κ2) is 6.35. The quantitative estimate of drug-likeness (QED) is 0.689. The maximum absolute atomic E-state index is 4.43. The van der Waals surface area contributed by atoms with Gasteiger partial charge in [-0.3, -0.25) is 0 Å². The summed E-state index contributed by atoms with van der Waals surface area (Å²) in [5.74, 6) is 2.53. The minimum absolute atomic E-state index is 0.507. The Bertz CT molecular complexity index is 398. The van der Waals surface area contributed by atoms with Crippen LogP contribution in [0.5, 0.6) is 0 Å². The number of anilines is 2. The highest BCUT2D eigenvalue weighted by molar-refractivity contribution is 5.48. The largest absolute Gasteiger partial charge is 0.367 e. The average molecular weight is 247 g/mol. The molecule has 2 rings (SSSR count). The molecule has 1 aromatic heterocycles. The van der Waals surface area contributed by atoms with E-state index in [1.807, 2.05) is 19.1 Å². The van der Waals surface area contributed by atoms with Gasteiger partial charge in [-0.25, -0.2) is 9.97 Å². The molecule has 1 saturated heterocycles. The monoisotopic (exact) mass is 247 g/mol. The molecule has 0 aliphatic carbocycles. The molecule has 0 unspecified atom stereocenters. The Balaban J connectivity index is 2.01. The molecule has 1 aliphatic heterocycles. The van der Waals surface area contributed by atoms with Crippen LogP contribution in [0.15, 0.2) is 18.7 Å². The highest BCUT2D eigenvalue weighted by Crippen LogP contribution is 2.15. The Morgan fingerprint density at radius 3 is 2.83 bits per heavy atom. The van der Waals surface area contributed by atoms with Crippen LogP contribution in [0.2, 0.25) is 0 Å². The van der Waals surface area contributed by atoms with Crippen molar-refractivity contribution in [1.82, 2.24) is 15.3 Å². The Kier molecular flexibility index (Phi) is 4.52. The van der Waals surface area contributed by atoms with Gasteiger partial charge in [-0.15, -0.1) is 6.58 Å². The van der Waals surface area contributed by atoms with Crippen molar-refractivity contribution >= 4 is 11.6 Å². The molecule has 1 fully saturated rings. The number of nitrogens with one attached hydrogen (secondary N) is 3. The number of nitrogens with zero attached hydrogens (tertiary/aromatic N) is 2. The van der Waals surface area contributed by atoms with Crippen molar-refractivity contribution in [2.24, 2.45) is 0 Å². The first-order chi connectivity index (χ1) is 8.78. The predicted octanol–water partition coefficient (Wildman–Crippen LogP) is 1.55. The molecule has 0 bridgehead atoms. The second-order valence-electron chi connectivity index (χ2n) is 4.52. The second-order valence-corrected chi connectivity index (χ2v) is 4.52. The van der Waals surface area contributed by atoms with Crippen LogP contribution >= 0.6 is 0 Å². The summed E-state index contributed by atoms with van der Waals surface area (Å²) in [4.78, 5) is 8.77. The normalized spacial score (nSPS) is 16.3. The van der Waals surface area contributed by atoms with Gasteiger partial charge in [0.15, 0.2) is 0 Å². The van der Waals surface area contributed by atoms with Crippen molar-refractivity contribution in [3.8, 4) is 0 Å². The number of rotatable bonds is 5. The lowest BCUT2D eigenvalue weighted by Gasteiger charge is -2.24. The lowest BCUT2D eigenvalue weighted by molar-refractivity contribution is 0.478. The molecule has 1 aliphatic rings. The average Bonchev–Trinajstić information content (AvgIpc) is 2.37. The van der Waals surface area contributed by atoms with E-state index in [4.69, 9.17) is 0 Å². The maximum Gasteiger partial charge on any atom is 0.132 e. The summed E-state index contributed by atoms with van der Waals surface area (Å²) in [5.41, 5.74) is 0. The zero-order valence-corrected chi connectivity index (χ0v) is 10.9. The van der Waals surface area contributed by atoms with E-state index < -0.39 is 0 Å². The number of aromatic nitrogens is 2. The molecule has 3 N–H and O–H groups in total. The van der Waals surface area contributed by atoms with Crippen LogP contribution in [0.1, 0.15) is 18.7 Å². The van der Waals surface area contributed by atoms with Crippen LogP contribution in [-0.4, -0.2) is 35.6 Å². The van der Waals surface area contributed by atoms with E-state index in [1.165, 1.54) is 0 Å². The summed E-state index contributed by atoms with van der Waals surface area (Å²) in [6.07, 6.45) is 4.09. The van der Waals surface area contributed by atoms with E-state index in [-0.39, 0.29) is 0 Å². The summed E-state index contributed by atoms with van der Waals surface area (Å²) in [7, 11) is 0. The Morgan fingerprint density at radius 1 is 1.39 bits per heavy atom. The first-order valence-electron chi connectivity index (χ1n) is 6.45. The standard InChI is InChI=1S/C13H21N5/c1-3-6-15-12-9-13(17-10(2)16-12)18-11-4-7-14-8-5-11/h3,9,11,14H,1,4-8H2,2H3,(H2,15,16,17,18). The third kappa shape index (κ3) is 3.70. The van der Waals surface area contributed by atoms with E-state index in [1.54, 1.807) is 0 Å². The Morgan fingerprint density at radius 2 is 2.11 bits per heavy atom. The highest BCUT2D eigenvalue weighted by Gasteiger charge is 2.13. The van der Waals surface area contributed by atoms with Crippen molar-refractivity contribution in [3.05, 3.63) is 24.5 Å². The third-order valence-electron chi connectivity index (χ3n) is 2.96. The number of hydrogen-bond donors (Lipinski definition) is 3. The molecule has 5 heteroatoms. The van der Waals surface area contributed by atoms with Gasteiger partial charge >= 0.3 is 0 Å². The van der Waals surface area contributed by atoms with Gasteiger partial charge in [-0.05, 0) is 32.9 Å². The first kappa shape index (κ1) is 12.8. The summed E-state index contributed by atoms with van der Waals surface area (Å²) >= 11 is 0. The Hall–Kier alpha value is -1.62. The lowest BCUT2D eigenvalue weighted by atomic mass is 10.1. The van der Waals surface area contributed by atoms with Gasteiger partial charge in [0.25, 0.3) is 0 Å². The summed E-state index contributed by atoms with van der Waals surface area (Å²) < 4.78 is 0. The van der Waals surface area contributed by atoms with Gasteiger partial charge in [0.2, 0.25) is 0 Å². The smallest absolute Gasteiger partial charge is 0.132 e. The van der Waals surface area contributed by atoms with E-state index in [0.717, 1.165) is 43.4 Å². The van der Waals surface area contributed by atoms with E-state index in [0.29, 0.717) is 12.6 Å². The molecular formula is C13H21N5. The lowest BCUT2D eigenvalue weighted by Crippen LogP contribution is -2.35. The molecule has 0 saturated carbocycles. The number of aryl methyl sites for hydroxylation is 1. The Labute approximate surface area is 108 Å². The molecule has 0 atom stereocenters. The molecule has 98 valence electrons. The minimum atomic E-state index is 0.507. The van der Waals surface area contributed by atoms with Gasteiger partial charge < -0.3 is 16.0 Å². The van der Waals surface area contributed by atoms with Gasteiger partial charge in [0, 0.05) is 18.7 Å². The van der Waals surface area contributed by atoms with Gasteiger partial charge in [-0.1, -0.05) is 6.08 Å². The van der Waals surface area contributed by atoms with E-state index in [2.05, 4.69) is 32.5 Å². The molecule has 0 radical (unpaired) electrons. The molecule has 0 amide bonds. The first-order valence-corrected chi connectivity index (χ1v) is 6.45. The number of hydrogen-bond acceptors (Lipinski definition) is 5. The predicted molar refractivity (Wildman–Crippen MR) is 75.0 cm³/mol. The van der Waals surface area contributed by atoms with Gasteiger partial charge in [-0.2, -0.15) is 0 Å². The van der Waals surface area contributed by atoms with Crippen LogP contribution in [0.25, 0.3) is 0 Å². The summed E-state index contributed by atoms with van der Waals surface area (Å²) in [6, 6.07) is 2.46. The highest BCUT2D eigenvalue weighted by atomic mass is 15.1.